The van der Waals surface area contributed by atoms with E-state index in [2.05, 4.69) is 20.2 Å². The Labute approximate surface area is 114 Å². The molecule has 0 spiro atoms. The molecule has 0 unspecified atom stereocenters. The average molecular weight is 272 g/mol. The van der Waals surface area contributed by atoms with Crippen LogP contribution in [0.1, 0.15) is 0 Å². The third-order valence-corrected chi connectivity index (χ3v) is 3.06. The first-order chi connectivity index (χ1) is 9.27. The zero-order valence-corrected chi connectivity index (χ0v) is 10.6. The van der Waals surface area contributed by atoms with Gasteiger partial charge in [0, 0.05) is 23.0 Å². The second kappa shape index (κ2) is 4.70. The zero-order chi connectivity index (χ0) is 13.2. The monoisotopic (exact) mass is 271 g/mol. The fourth-order valence-corrected chi connectivity index (χ4v) is 2.11. The van der Waals surface area contributed by atoms with Crippen molar-refractivity contribution in [1.29, 1.82) is 0 Å². The Kier molecular flexibility index (Phi) is 2.89. The number of nitrogens with one attached hydrogen (secondary N) is 1. The third kappa shape index (κ3) is 2.04. The molecule has 0 bridgehead atoms. The van der Waals surface area contributed by atoms with E-state index < -0.39 is 0 Å². The number of benzene rings is 1. The van der Waals surface area contributed by atoms with Gasteiger partial charge in [0.15, 0.2) is 11.6 Å². The molecular formula is C13H10ClN5. The van der Waals surface area contributed by atoms with Crippen molar-refractivity contribution >= 4 is 17.4 Å². The molecule has 0 aliphatic rings. The van der Waals surface area contributed by atoms with Crippen LogP contribution in [0.3, 0.4) is 0 Å². The lowest BCUT2D eigenvalue weighted by Gasteiger charge is -2.05. The van der Waals surface area contributed by atoms with Crippen molar-refractivity contribution < 1.29 is 0 Å². The molecule has 1 aromatic carbocycles. The van der Waals surface area contributed by atoms with Gasteiger partial charge in [-0.15, -0.1) is 0 Å². The van der Waals surface area contributed by atoms with Crippen LogP contribution in [0.25, 0.3) is 22.6 Å². The number of halogens is 1. The van der Waals surface area contributed by atoms with Gasteiger partial charge in [0.1, 0.15) is 5.69 Å². The molecule has 3 aromatic rings. The summed E-state index contributed by atoms with van der Waals surface area (Å²) in [6, 6.07) is 9.19. The van der Waals surface area contributed by atoms with E-state index in [1.807, 2.05) is 18.2 Å². The number of hydrogen-bond acceptors (Lipinski definition) is 4. The van der Waals surface area contributed by atoms with Crippen LogP contribution in [-0.2, 0) is 0 Å². The van der Waals surface area contributed by atoms with Crippen molar-refractivity contribution in [2.75, 3.05) is 5.73 Å². The number of aromatic amines is 1. The van der Waals surface area contributed by atoms with Gasteiger partial charge >= 0.3 is 0 Å². The maximum atomic E-state index is 6.21. The smallest absolute Gasteiger partial charge is 0.178 e. The van der Waals surface area contributed by atoms with Crippen molar-refractivity contribution in [3.8, 4) is 22.6 Å². The zero-order valence-electron chi connectivity index (χ0n) is 9.84. The number of nitrogens with zero attached hydrogens (tertiary/aromatic N) is 3. The Hall–Kier alpha value is -2.40. The molecule has 0 atom stereocenters. The summed E-state index contributed by atoms with van der Waals surface area (Å²) in [6.07, 6.45) is 3.32. The summed E-state index contributed by atoms with van der Waals surface area (Å²) in [5, 5.41) is 7.49. The maximum Gasteiger partial charge on any atom is 0.178 e. The summed E-state index contributed by atoms with van der Waals surface area (Å²) >= 11 is 6.21. The van der Waals surface area contributed by atoms with Gasteiger partial charge in [-0.05, 0) is 12.1 Å². The van der Waals surface area contributed by atoms with Crippen molar-refractivity contribution in [2.45, 2.75) is 0 Å². The maximum absolute atomic E-state index is 6.21. The van der Waals surface area contributed by atoms with Gasteiger partial charge < -0.3 is 5.73 Å². The van der Waals surface area contributed by atoms with Gasteiger partial charge in [-0.2, -0.15) is 5.10 Å². The van der Waals surface area contributed by atoms with Crippen LogP contribution in [0.15, 0.2) is 42.7 Å². The fourth-order valence-electron chi connectivity index (χ4n) is 1.88. The number of nitrogen functional groups attached to an aromatic ring is 1. The minimum Gasteiger partial charge on any atom is -0.382 e. The van der Waals surface area contributed by atoms with E-state index in [0.717, 1.165) is 11.1 Å². The van der Waals surface area contributed by atoms with Gasteiger partial charge in [-0.25, -0.2) is 9.97 Å². The number of aromatic nitrogens is 4. The number of rotatable bonds is 2. The van der Waals surface area contributed by atoms with Crippen LogP contribution in [0.5, 0.6) is 0 Å². The molecule has 3 N–H and O–H groups in total. The van der Waals surface area contributed by atoms with Gasteiger partial charge in [-0.1, -0.05) is 29.8 Å². The molecule has 5 nitrogen and oxygen atoms in total. The topological polar surface area (TPSA) is 80.5 Å². The van der Waals surface area contributed by atoms with E-state index in [0.29, 0.717) is 22.4 Å². The minimum absolute atomic E-state index is 0.371. The summed E-state index contributed by atoms with van der Waals surface area (Å²) in [5.74, 6) is 0.900. The van der Waals surface area contributed by atoms with Crippen molar-refractivity contribution in [3.05, 3.63) is 47.7 Å². The second-order valence-corrected chi connectivity index (χ2v) is 4.32. The molecule has 0 saturated heterocycles. The largest absolute Gasteiger partial charge is 0.382 e. The average Bonchev–Trinajstić information content (AvgIpc) is 2.82. The molecule has 19 heavy (non-hydrogen) atoms. The van der Waals surface area contributed by atoms with Crippen LogP contribution in [-0.4, -0.2) is 20.2 Å². The van der Waals surface area contributed by atoms with Crippen molar-refractivity contribution in [2.24, 2.45) is 0 Å². The van der Waals surface area contributed by atoms with Crippen LogP contribution in [0.4, 0.5) is 5.82 Å². The molecule has 0 amide bonds. The third-order valence-electron chi connectivity index (χ3n) is 2.73. The predicted octanol–water partition coefficient (Wildman–Crippen LogP) is 2.77. The van der Waals surface area contributed by atoms with Gasteiger partial charge in [-0.3, -0.25) is 5.10 Å². The Bertz CT molecular complexity index is 708. The van der Waals surface area contributed by atoms with Crippen LogP contribution in [0.2, 0.25) is 5.02 Å². The van der Waals surface area contributed by atoms with Gasteiger partial charge in [0.05, 0.1) is 5.56 Å². The lowest BCUT2D eigenvalue weighted by Crippen LogP contribution is -1.92. The highest BCUT2D eigenvalue weighted by Gasteiger charge is 2.18. The molecule has 6 heteroatoms. The second-order valence-electron chi connectivity index (χ2n) is 3.91. The molecule has 94 valence electrons. The summed E-state index contributed by atoms with van der Waals surface area (Å²) in [5.41, 5.74) is 8.10. The molecule has 0 fully saturated rings. The highest BCUT2D eigenvalue weighted by molar-refractivity contribution is 6.33. The Morgan fingerprint density at radius 3 is 2.53 bits per heavy atom. The Morgan fingerprint density at radius 1 is 1.05 bits per heavy atom. The van der Waals surface area contributed by atoms with Crippen LogP contribution < -0.4 is 5.73 Å². The standard InChI is InChI=1S/C13H10ClN5/c14-9-5-2-1-4-8(9)10-11(18-19-12(10)15)13-16-6-3-7-17-13/h1-7H,(H3,15,18,19). The number of H-pyrrole nitrogens is 1. The first-order valence-corrected chi connectivity index (χ1v) is 6.01. The highest BCUT2D eigenvalue weighted by Crippen LogP contribution is 2.36. The number of nitrogens with two attached hydrogens (primary N) is 1. The Morgan fingerprint density at radius 2 is 1.79 bits per heavy atom. The first-order valence-electron chi connectivity index (χ1n) is 5.63. The van der Waals surface area contributed by atoms with E-state index in [9.17, 15) is 0 Å². The van der Waals surface area contributed by atoms with E-state index in [1.165, 1.54) is 0 Å². The lowest BCUT2D eigenvalue weighted by molar-refractivity contribution is 1.07. The van der Waals surface area contributed by atoms with Crippen LogP contribution >= 0.6 is 11.6 Å². The molecule has 0 aliphatic heterocycles. The molecule has 0 radical (unpaired) electrons. The SMILES string of the molecule is Nc1n[nH]c(-c2ncccn2)c1-c1ccccc1Cl. The summed E-state index contributed by atoms with van der Waals surface area (Å²) < 4.78 is 0. The van der Waals surface area contributed by atoms with E-state index in [-0.39, 0.29) is 0 Å². The highest BCUT2D eigenvalue weighted by atomic mass is 35.5. The van der Waals surface area contributed by atoms with Crippen LogP contribution in [0, 0.1) is 0 Å². The van der Waals surface area contributed by atoms with Gasteiger partial charge in [0.2, 0.25) is 0 Å². The molecule has 2 aromatic heterocycles. The molecule has 3 rings (SSSR count). The fraction of sp³-hybridized carbons (Fsp3) is 0. The quantitative estimate of drug-likeness (QED) is 0.751. The van der Waals surface area contributed by atoms with E-state index >= 15 is 0 Å². The normalized spacial score (nSPS) is 10.6. The Balaban J connectivity index is 2.23. The summed E-state index contributed by atoms with van der Waals surface area (Å²) in [4.78, 5) is 8.39. The predicted molar refractivity (Wildman–Crippen MR) is 74.5 cm³/mol. The summed E-state index contributed by atoms with van der Waals surface area (Å²) in [6.45, 7) is 0. The van der Waals surface area contributed by atoms with Crippen molar-refractivity contribution in [3.63, 3.8) is 0 Å². The minimum atomic E-state index is 0.371. The molecule has 2 heterocycles. The molecule has 0 saturated carbocycles. The lowest BCUT2D eigenvalue weighted by atomic mass is 10.0. The number of hydrogen-bond donors (Lipinski definition) is 2. The summed E-state index contributed by atoms with van der Waals surface area (Å²) in [7, 11) is 0. The first kappa shape index (κ1) is 11.7. The number of anilines is 1. The van der Waals surface area contributed by atoms with Gasteiger partial charge in [0.25, 0.3) is 0 Å². The molecule has 0 aliphatic carbocycles. The van der Waals surface area contributed by atoms with E-state index in [4.69, 9.17) is 17.3 Å². The molecular weight excluding hydrogens is 262 g/mol. The van der Waals surface area contributed by atoms with E-state index in [1.54, 1.807) is 24.5 Å². The van der Waals surface area contributed by atoms with Crippen molar-refractivity contribution in [1.82, 2.24) is 20.2 Å².